The van der Waals surface area contributed by atoms with Gasteiger partial charge in [-0.3, -0.25) is 4.79 Å². The molecular weight excluding hydrogens is 367 g/mol. The molecule has 2 rings (SSSR count). The van der Waals surface area contributed by atoms with Crippen molar-refractivity contribution >= 4 is 39.9 Å². The number of halogens is 1. The highest BCUT2D eigenvalue weighted by Gasteiger charge is 2.08. The van der Waals surface area contributed by atoms with Gasteiger partial charge in [0, 0.05) is 15.2 Å². The first-order chi connectivity index (χ1) is 9.60. The summed E-state index contributed by atoms with van der Waals surface area (Å²) >= 11 is 2.19. The van der Waals surface area contributed by atoms with Gasteiger partial charge in [0.25, 0.3) is 5.91 Å². The Balaban J connectivity index is 2.13. The summed E-state index contributed by atoms with van der Waals surface area (Å²) in [6.07, 6.45) is 0. The van der Waals surface area contributed by atoms with Gasteiger partial charge < -0.3 is 15.8 Å². The van der Waals surface area contributed by atoms with E-state index in [1.165, 1.54) is 0 Å². The van der Waals surface area contributed by atoms with Crippen molar-refractivity contribution in [3.8, 4) is 5.75 Å². The lowest BCUT2D eigenvalue weighted by atomic mass is 10.2. The SMILES string of the molecule is CCOc1ccc(NC(=O)c2ccc(I)cc2)c(N)c1. The van der Waals surface area contributed by atoms with Crippen LogP contribution in [-0.2, 0) is 0 Å². The van der Waals surface area contributed by atoms with Crippen LogP contribution in [0, 0.1) is 3.57 Å². The fourth-order valence-corrected chi connectivity index (χ4v) is 2.07. The van der Waals surface area contributed by atoms with Crippen molar-refractivity contribution in [2.75, 3.05) is 17.7 Å². The van der Waals surface area contributed by atoms with Crippen molar-refractivity contribution in [2.24, 2.45) is 0 Å². The van der Waals surface area contributed by atoms with Crippen LogP contribution in [0.25, 0.3) is 0 Å². The molecule has 1 amide bonds. The molecule has 0 spiro atoms. The summed E-state index contributed by atoms with van der Waals surface area (Å²) in [5.41, 5.74) is 7.56. The molecule has 0 aromatic heterocycles. The molecule has 0 aliphatic rings. The van der Waals surface area contributed by atoms with Crippen molar-refractivity contribution < 1.29 is 9.53 Å². The third-order valence-corrected chi connectivity index (χ3v) is 3.41. The van der Waals surface area contributed by atoms with Gasteiger partial charge in [-0.15, -0.1) is 0 Å². The van der Waals surface area contributed by atoms with Crippen molar-refractivity contribution in [2.45, 2.75) is 6.92 Å². The number of carbonyl (C=O) groups is 1. The maximum absolute atomic E-state index is 12.1. The lowest BCUT2D eigenvalue weighted by Crippen LogP contribution is -2.13. The molecular formula is C15H15IN2O2. The van der Waals surface area contributed by atoms with Crippen molar-refractivity contribution in [1.82, 2.24) is 0 Å². The number of benzene rings is 2. The molecule has 4 nitrogen and oxygen atoms in total. The Kier molecular flexibility index (Phi) is 4.84. The largest absolute Gasteiger partial charge is 0.494 e. The third kappa shape index (κ3) is 3.63. The zero-order valence-electron chi connectivity index (χ0n) is 11.0. The number of amides is 1. The van der Waals surface area contributed by atoms with Crippen LogP contribution >= 0.6 is 22.6 Å². The summed E-state index contributed by atoms with van der Waals surface area (Å²) in [4.78, 5) is 12.1. The molecule has 20 heavy (non-hydrogen) atoms. The Labute approximate surface area is 131 Å². The Hall–Kier alpha value is -1.76. The minimum absolute atomic E-state index is 0.183. The number of rotatable bonds is 4. The van der Waals surface area contributed by atoms with E-state index >= 15 is 0 Å². The lowest BCUT2D eigenvalue weighted by Gasteiger charge is -2.10. The maximum atomic E-state index is 12.1. The minimum atomic E-state index is -0.183. The van der Waals surface area contributed by atoms with Crippen molar-refractivity contribution in [3.63, 3.8) is 0 Å². The number of ether oxygens (including phenoxy) is 1. The van der Waals surface area contributed by atoms with Gasteiger partial charge in [0.05, 0.1) is 18.0 Å². The van der Waals surface area contributed by atoms with Gasteiger partial charge in [0.1, 0.15) is 5.75 Å². The molecule has 104 valence electrons. The van der Waals surface area contributed by atoms with E-state index in [2.05, 4.69) is 27.9 Å². The van der Waals surface area contributed by atoms with Gasteiger partial charge in [-0.25, -0.2) is 0 Å². The van der Waals surface area contributed by atoms with Crippen LogP contribution in [0.3, 0.4) is 0 Å². The van der Waals surface area contributed by atoms with Crippen LogP contribution in [0.2, 0.25) is 0 Å². The monoisotopic (exact) mass is 382 g/mol. The number of carbonyl (C=O) groups excluding carboxylic acids is 1. The molecule has 0 aliphatic carbocycles. The van der Waals surface area contributed by atoms with Gasteiger partial charge in [-0.1, -0.05) is 0 Å². The molecule has 0 saturated heterocycles. The first-order valence-corrected chi connectivity index (χ1v) is 7.27. The molecule has 0 saturated carbocycles. The van der Waals surface area contributed by atoms with E-state index in [4.69, 9.17) is 10.5 Å². The Morgan fingerprint density at radius 3 is 2.55 bits per heavy atom. The van der Waals surface area contributed by atoms with E-state index in [-0.39, 0.29) is 5.91 Å². The van der Waals surface area contributed by atoms with Gasteiger partial charge in [-0.2, -0.15) is 0 Å². The topological polar surface area (TPSA) is 64.3 Å². The van der Waals surface area contributed by atoms with E-state index in [0.29, 0.717) is 29.3 Å². The normalized spacial score (nSPS) is 10.1. The van der Waals surface area contributed by atoms with E-state index in [0.717, 1.165) is 3.57 Å². The fraction of sp³-hybridized carbons (Fsp3) is 0.133. The molecule has 0 unspecified atom stereocenters. The molecule has 0 radical (unpaired) electrons. The molecule has 0 atom stereocenters. The van der Waals surface area contributed by atoms with Gasteiger partial charge in [0.2, 0.25) is 0 Å². The van der Waals surface area contributed by atoms with Crippen LogP contribution in [0.1, 0.15) is 17.3 Å². The van der Waals surface area contributed by atoms with Gasteiger partial charge in [0.15, 0.2) is 0 Å². The van der Waals surface area contributed by atoms with Crippen molar-refractivity contribution in [1.29, 1.82) is 0 Å². The smallest absolute Gasteiger partial charge is 0.255 e. The maximum Gasteiger partial charge on any atom is 0.255 e. The Bertz CT molecular complexity index is 612. The number of anilines is 2. The van der Waals surface area contributed by atoms with E-state index in [1.54, 1.807) is 30.3 Å². The second-order valence-electron chi connectivity index (χ2n) is 4.14. The van der Waals surface area contributed by atoms with E-state index < -0.39 is 0 Å². The summed E-state index contributed by atoms with van der Waals surface area (Å²) in [5, 5.41) is 2.79. The zero-order chi connectivity index (χ0) is 14.5. The highest BCUT2D eigenvalue weighted by molar-refractivity contribution is 14.1. The molecule has 5 heteroatoms. The van der Waals surface area contributed by atoms with Crippen LogP contribution in [0.15, 0.2) is 42.5 Å². The summed E-state index contributed by atoms with van der Waals surface area (Å²) < 4.78 is 6.43. The molecule has 2 aromatic rings. The van der Waals surface area contributed by atoms with Gasteiger partial charge >= 0.3 is 0 Å². The standard InChI is InChI=1S/C15H15IN2O2/c1-2-20-12-7-8-14(13(17)9-12)18-15(19)10-3-5-11(16)6-4-10/h3-9H,2,17H2,1H3,(H,18,19). The van der Waals surface area contributed by atoms with Crippen molar-refractivity contribution in [3.05, 3.63) is 51.6 Å². The average molecular weight is 382 g/mol. The summed E-state index contributed by atoms with van der Waals surface area (Å²) in [5.74, 6) is 0.509. The molecule has 0 bridgehead atoms. The molecule has 0 aliphatic heterocycles. The quantitative estimate of drug-likeness (QED) is 0.628. The number of nitrogens with two attached hydrogens (primary N) is 1. The predicted molar refractivity (Wildman–Crippen MR) is 89.1 cm³/mol. The summed E-state index contributed by atoms with van der Waals surface area (Å²) in [7, 11) is 0. The highest BCUT2D eigenvalue weighted by Crippen LogP contribution is 2.24. The third-order valence-electron chi connectivity index (χ3n) is 2.69. The fourth-order valence-electron chi connectivity index (χ4n) is 1.71. The Morgan fingerprint density at radius 1 is 1.25 bits per heavy atom. The summed E-state index contributed by atoms with van der Waals surface area (Å²) in [6, 6.07) is 12.6. The first kappa shape index (κ1) is 14.6. The van der Waals surface area contributed by atoms with E-state index in [1.807, 2.05) is 19.1 Å². The summed E-state index contributed by atoms with van der Waals surface area (Å²) in [6.45, 7) is 2.48. The number of hydrogen-bond donors (Lipinski definition) is 2. The molecule has 2 aromatic carbocycles. The van der Waals surface area contributed by atoms with Crippen LogP contribution < -0.4 is 15.8 Å². The Morgan fingerprint density at radius 2 is 1.95 bits per heavy atom. The predicted octanol–water partition coefficient (Wildman–Crippen LogP) is 3.52. The average Bonchev–Trinajstić information content (AvgIpc) is 2.43. The van der Waals surface area contributed by atoms with Crippen LogP contribution in [0.5, 0.6) is 5.75 Å². The first-order valence-electron chi connectivity index (χ1n) is 6.19. The van der Waals surface area contributed by atoms with Crippen LogP contribution in [-0.4, -0.2) is 12.5 Å². The second-order valence-corrected chi connectivity index (χ2v) is 5.39. The van der Waals surface area contributed by atoms with Gasteiger partial charge in [-0.05, 0) is 65.9 Å². The lowest BCUT2D eigenvalue weighted by molar-refractivity contribution is 0.102. The number of nitrogens with one attached hydrogen (secondary N) is 1. The number of nitrogen functional groups attached to an aromatic ring is 1. The minimum Gasteiger partial charge on any atom is -0.494 e. The second kappa shape index (κ2) is 6.60. The molecule has 0 heterocycles. The highest BCUT2D eigenvalue weighted by atomic mass is 127. The van der Waals surface area contributed by atoms with E-state index in [9.17, 15) is 4.79 Å². The number of hydrogen-bond acceptors (Lipinski definition) is 3. The molecule has 3 N–H and O–H groups in total. The van der Waals surface area contributed by atoms with Crippen LogP contribution in [0.4, 0.5) is 11.4 Å². The molecule has 0 fully saturated rings. The zero-order valence-corrected chi connectivity index (χ0v) is 13.2.